The van der Waals surface area contributed by atoms with Crippen molar-refractivity contribution in [2.45, 2.75) is 0 Å². The molecular weight excluding hydrogens is 303 g/mol. The molecule has 0 radical (unpaired) electrons. The minimum atomic E-state index is -0.438. The summed E-state index contributed by atoms with van der Waals surface area (Å²) in [5.74, 6) is -0.796. The number of aromatic nitrogens is 2. The van der Waals surface area contributed by atoms with Gasteiger partial charge in [-0.25, -0.2) is 9.82 Å². The number of hydrogen-bond donors (Lipinski definition) is 2. The standard InChI is InChI=1S/C15H11FN4OS/c16-11-4-1-3-10(7-11)9-17-20-15(21)13-8-12(18-19-13)14-5-2-6-22-14/h1-9H,(H,18,19)(H,20,21)/b17-9+. The zero-order valence-electron chi connectivity index (χ0n) is 11.3. The van der Waals surface area contributed by atoms with Gasteiger partial charge >= 0.3 is 0 Å². The van der Waals surface area contributed by atoms with Crippen LogP contribution < -0.4 is 5.43 Å². The van der Waals surface area contributed by atoms with Gasteiger partial charge in [0.1, 0.15) is 5.82 Å². The number of hydrogen-bond acceptors (Lipinski definition) is 4. The molecule has 0 bridgehead atoms. The van der Waals surface area contributed by atoms with Crippen molar-refractivity contribution in [1.82, 2.24) is 15.6 Å². The molecule has 22 heavy (non-hydrogen) atoms. The average molecular weight is 314 g/mol. The Morgan fingerprint density at radius 2 is 2.23 bits per heavy atom. The Labute approximate surface area is 129 Å². The number of amides is 1. The van der Waals surface area contributed by atoms with Crippen molar-refractivity contribution in [2.24, 2.45) is 5.10 Å². The quantitative estimate of drug-likeness (QED) is 0.574. The second-order valence-corrected chi connectivity index (χ2v) is 5.35. The number of carbonyl (C=O) groups is 1. The largest absolute Gasteiger partial charge is 0.291 e. The summed E-state index contributed by atoms with van der Waals surface area (Å²) in [5, 5.41) is 12.5. The number of hydrazone groups is 1. The van der Waals surface area contributed by atoms with Gasteiger partial charge in [0, 0.05) is 0 Å². The highest BCUT2D eigenvalue weighted by molar-refractivity contribution is 7.13. The minimum Gasteiger partial charge on any atom is -0.276 e. The van der Waals surface area contributed by atoms with Gasteiger partial charge in [0.15, 0.2) is 5.69 Å². The van der Waals surface area contributed by atoms with Gasteiger partial charge in [0.25, 0.3) is 5.91 Å². The Hall–Kier alpha value is -2.80. The molecule has 1 aromatic carbocycles. The third-order valence-electron chi connectivity index (χ3n) is 2.83. The first kappa shape index (κ1) is 14.2. The molecule has 0 aliphatic rings. The van der Waals surface area contributed by atoms with E-state index in [-0.39, 0.29) is 11.5 Å². The van der Waals surface area contributed by atoms with Crippen LogP contribution in [-0.2, 0) is 0 Å². The molecule has 5 nitrogen and oxygen atoms in total. The van der Waals surface area contributed by atoms with Gasteiger partial charge in [-0.1, -0.05) is 18.2 Å². The number of aromatic amines is 1. The maximum Gasteiger partial charge on any atom is 0.291 e. The van der Waals surface area contributed by atoms with Crippen molar-refractivity contribution < 1.29 is 9.18 Å². The van der Waals surface area contributed by atoms with Crippen molar-refractivity contribution in [2.75, 3.05) is 0 Å². The van der Waals surface area contributed by atoms with Gasteiger partial charge in [-0.2, -0.15) is 10.2 Å². The lowest BCUT2D eigenvalue weighted by Crippen LogP contribution is -2.18. The van der Waals surface area contributed by atoms with E-state index in [2.05, 4.69) is 20.7 Å². The van der Waals surface area contributed by atoms with Crippen molar-refractivity contribution in [3.63, 3.8) is 0 Å². The Bertz CT molecular complexity index is 811. The van der Waals surface area contributed by atoms with Crippen molar-refractivity contribution in [1.29, 1.82) is 0 Å². The van der Waals surface area contributed by atoms with Gasteiger partial charge in [-0.15, -0.1) is 11.3 Å². The monoisotopic (exact) mass is 314 g/mol. The maximum absolute atomic E-state index is 13.0. The van der Waals surface area contributed by atoms with E-state index in [1.807, 2.05) is 17.5 Å². The molecule has 1 amide bonds. The van der Waals surface area contributed by atoms with Crippen LogP contribution in [0.25, 0.3) is 10.6 Å². The van der Waals surface area contributed by atoms with E-state index in [1.165, 1.54) is 18.3 Å². The van der Waals surface area contributed by atoms with E-state index in [0.717, 1.165) is 10.6 Å². The van der Waals surface area contributed by atoms with E-state index < -0.39 is 5.91 Å². The summed E-state index contributed by atoms with van der Waals surface area (Å²) >= 11 is 1.55. The maximum atomic E-state index is 13.0. The summed E-state index contributed by atoms with van der Waals surface area (Å²) in [7, 11) is 0. The SMILES string of the molecule is O=C(N/N=C/c1cccc(F)c1)c1cc(-c2cccs2)[nH]n1. The molecule has 2 N–H and O–H groups in total. The smallest absolute Gasteiger partial charge is 0.276 e. The molecule has 0 aliphatic carbocycles. The predicted molar refractivity (Wildman–Crippen MR) is 83.4 cm³/mol. The normalized spacial score (nSPS) is 11.0. The molecule has 0 aliphatic heterocycles. The molecular formula is C15H11FN4OS. The molecule has 7 heteroatoms. The lowest BCUT2D eigenvalue weighted by Gasteiger charge is -1.95. The highest BCUT2D eigenvalue weighted by Crippen LogP contribution is 2.22. The summed E-state index contributed by atoms with van der Waals surface area (Å²) < 4.78 is 13.0. The van der Waals surface area contributed by atoms with Crippen LogP contribution in [0.15, 0.2) is 52.9 Å². The molecule has 2 aromatic heterocycles. The van der Waals surface area contributed by atoms with Crippen LogP contribution in [0, 0.1) is 5.82 Å². The lowest BCUT2D eigenvalue weighted by molar-refractivity contribution is 0.0950. The first-order chi connectivity index (χ1) is 10.7. The first-order valence-electron chi connectivity index (χ1n) is 6.40. The molecule has 0 atom stereocenters. The van der Waals surface area contributed by atoms with Gasteiger partial charge in [-0.3, -0.25) is 9.89 Å². The summed E-state index contributed by atoms with van der Waals surface area (Å²) in [6, 6.07) is 11.4. The highest BCUT2D eigenvalue weighted by Gasteiger charge is 2.10. The van der Waals surface area contributed by atoms with Crippen molar-refractivity contribution in [3.05, 3.63) is 64.9 Å². The fourth-order valence-electron chi connectivity index (χ4n) is 1.81. The van der Waals surface area contributed by atoms with Crippen LogP contribution in [0.5, 0.6) is 0 Å². The minimum absolute atomic E-state index is 0.236. The molecule has 3 rings (SSSR count). The van der Waals surface area contributed by atoms with E-state index in [1.54, 1.807) is 29.5 Å². The van der Waals surface area contributed by atoms with Gasteiger partial charge in [-0.05, 0) is 35.2 Å². The fourth-order valence-corrected chi connectivity index (χ4v) is 2.50. The first-order valence-corrected chi connectivity index (χ1v) is 7.28. The predicted octanol–water partition coefficient (Wildman–Crippen LogP) is 3.04. The summed E-state index contributed by atoms with van der Waals surface area (Å²) in [6.07, 6.45) is 1.37. The number of thiophene rings is 1. The number of carbonyl (C=O) groups excluding carboxylic acids is 1. The van der Waals surface area contributed by atoms with Crippen LogP contribution in [0.3, 0.4) is 0 Å². The third kappa shape index (κ3) is 3.26. The Kier molecular flexibility index (Phi) is 4.06. The second-order valence-electron chi connectivity index (χ2n) is 4.40. The molecule has 2 heterocycles. The highest BCUT2D eigenvalue weighted by atomic mass is 32.1. The zero-order chi connectivity index (χ0) is 15.4. The fraction of sp³-hybridized carbons (Fsp3) is 0. The topological polar surface area (TPSA) is 70.1 Å². The molecule has 3 aromatic rings. The third-order valence-corrected chi connectivity index (χ3v) is 3.73. The van der Waals surface area contributed by atoms with Gasteiger partial charge < -0.3 is 0 Å². The molecule has 0 spiro atoms. The molecule has 0 fully saturated rings. The number of rotatable bonds is 4. The van der Waals surface area contributed by atoms with E-state index in [0.29, 0.717) is 5.56 Å². The van der Waals surface area contributed by atoms with Crippen LogP contribution in [0.1, 0.15) is 16.1 Å². The zero-order valence-corrected chi connectivity index (χ0v) is 12.1. The molecule has 110 valence electrons. The Balaban J connectivity index is 1.65. The Morgan fingerprint density at radius 1 is 1.32 bits per heavy atom. The number of nitrogens with zero attached hydrogens (tertiary/aromatic N) is 2. The molecule has 0 saturated heterocycles. The number of nitrogens with one attached hydrogen (secondary N) is 2. The van der Waals surface area contributed by atoms with E-state index in [4.69, 9.17) is 0 Å². The average Bonchev–Trinajstić information content (AvgIpc) is 3.18. The van der Waals surface area contributed by atoms with Crippen LogP contribution >= 0.6 is 11.3 Å². The number of benzene rings is 1. The van der Waals surface area contributed by atoms with Gasteiger partial charge in [0.05, 0.1) is 16.8 Å². The van der Waals surface area contributed by atoms with Crippen molar-refractivity contribution in [3.8, 4) is 10.6 Å². The second kappa shape index (κ2) is 6.31. The number of H-pyrrole nitrogens is 1. The summed E-state index contributed by atoms with van der Waals surface area (Å²) in [5.41, 5.74) is 3.92. The Morgan fingerprint density at radius 3 is 3.00 bits per heavy atom. The summed E-state index contributed by atoms with van der Waals surface area (Å²) in [6.45, 7) is 0. The molecule has 0 unspecified atom stereocenters. The van der Waals surface area contributed by atoms with Gasteiger partial charge in [0.2, 0.25) is 0 Å². The van der Waals surface area contributed by atoms with E-state index >= 15 is 0 Å². The van der Waals surface area contributed by atoms with Crippen LogP contribution in [0.2, 0.25) is 0 Å². The van der Waals surface area contributed by atoms with E-state index in [9.17, 15) is 9.18 Å². The van der Waals surface area contributed by atoms with Crippen molar-refractivity contribution >= 4 is 23.5 Å². The summed E-state index contributed by atoms with van der Waals surface area (Å²) in [4.78, 5) is 12.9. The number of halogens is 1. The molecule has 0 saturated carbocycles. The van der Waals surface area contributed by atoms with Crippen LogP contribution in [-0.4, -0.2) is 22.3 Å². The lowest BCUT2D eigenvalue weighted by atomic mass is 10.2. The van der Waals surface area contributed by atoms with Crippen LogP contribution in [0.4, 0.5) is 4.39 Å².